The topological polar surface area (TPSA) is 12.9 Å². The molecular weight excluding hydrogens is 237 g/mol. The Kier molecular flexibility index (Phi) is 3.12. The van der Waals surface area contributed by atoms with Crippen LogP contribution in [0, 0.1) is 0 Å². The highest BCUT2D eigenvalue weighted by Gasteiger charge is 1.95. The Hall–Kier alpha value is -0.120. The highest BCUT2D eigenvalue weighted by atomic mass is 127. The molecule has 1 aromatic rings. The number of halogens is 1. The van der Waals surface area contributed by atoms with E-state index < -0.39 is 0 Å². The summed E-state index contributed by atoms with van der Waals surface area (Å²) in [6.07, 6.45) is 4.90. The first kappa shape index (κ1) is 7.98. The predicted molar refractivity (Wildman–Crippen MR) is 51.3 cm³/mol. The summed E-state index contributed by atoms with van der Waals surface area (Å²) in [5, 5.41) is 0. The Labute approximate surface area is 75.0 Å². The van der Waals surface area contributed by atoms with Crippen molar-refractivity contribution in [3.05, 3.63) is 29.6 Å². The van der Waals surface area contributed by atoms with E-state index in [-0.39, 0.29) is 0 Å². The number of hydrogen-bond acceptors (Lipinski definition) is 1. The average Bonchev–Trinajstić information content (AvgIpc) is 2.04. The molecule has 1 rings (SSSR count). The number of aromatic nitrogens is 1. The van der Waals surface area contributed by atoms with Crippen molar-refractivity contribution in [2.45, 2.75) is 17.8 Å². The van der Waals surface area contributed by atoms with E-state index in [4.69, 9.17) is 0 Å². The standard InChI is InChI=1S/C8H10IN/c1-2-7-6-10-4-3-8(7)5-9/h3-4,6H,2,5H2,1H3. The molecule has 0 aliphatic rings. The van der Waals surface area contributed by atoms with Gasteiger partial charge in [0.1, 0.15) is 0 Å². The lowest BCUT2D eigenvalue weighted by atomic mass is 10.1. The predicted octanol–water partition coefficient (Wildman–Crippen LogP) is 2.58. The zero-order valence-electron chi connectivity index (χ0n) is 5.97. The number of rotatable bonds is 2. The van der Waals surface area contributed by atoms with E-state index in [1.54, 1.807) is 0 Å². The quantitative estimate of drug-likeness (QED) is 0.578. The lowest BCUT2D eigenvalue weighted by Crippen LogP contribution is -1.89. The van der Waals surface area contributed by atoms with E-state index >= 15 is 0 Å². The number of nitrogens with zero attached hydrogens (tertiary/aromatic N) is 1. The molecule has 1 aromatic heterocycles. The summed E-state index contributed by atoms with van der Waals surface area (Å²) in [5.74, 6) is 0. The van der Waals surface area contributed by atoms with Gasteiger partial charge in [0, 0.05) is 16.8 Å². The second kappa shape index (κ2) is 3.91. The molecule has 0 atom stereocenters. The van der Waals surface area contributed by atoms with Crippen LogP contribution in [0.25, 0.3) is 0 Å². The zero-order chi connectivity index (χ0) is 7.40. The first-order valence-corrected chi connectivity index (χ1v) is 4.88. The molecule has 54 valence electrons. The minimum Gasteiger partial charge on any atom is -0.264 e. The molecule has 0 saturated carbocycles. The molecule has 0 amide bonds. The van der Waals surface area contributed by atoms with Crippen molar-refractivity contribution < 1.29 is 0 Å². The highest BCUT2D eigenvalue weighted by molar-refractivity contribution is 14.1. The van der Waals surface area contributed by atoms with Crippen molar-refractivity contribution in [2.24, 2.45) is 0 Å². The maximum Gasteiger partial charge on any atom is 0.0302 e. The zero-order valence-corrected chi connectivity index (χ0v) is 8.13. The Morgan fingerprint density at radius 1 is 1.50 bits per heavy atom. The molecular formula is C8H10IN. The third kappa shape index (κ3) is 1.68. The largest absolute Gasteiger partial charge is 0.264 e. The van der Waals surface area contributed by atoms with Gasteiger partial charge in [-0.25, -0.2) is 0 Å². The van der Waals surface area contributed by atoms with Gasteiger partial charge in [0.25, 0.3) is 0 Å². The smallest absolute Gasteiger partial charge is 0.0302 e. The van der Waals surface area contributed by atoms with Gasteiger partial charge in [0.15, 0.2) is 0 Å². The molecule has 0 saturated heterocycles. The van der Waals surface area contributed by atoms with Crippen LogP contribution in [-0.2, 0) is 10.8 Å². The van der Waals surface area contributed by atoms with Crippen LogP contribution in [0.1, 0.15) is 18.1 Å². The average molecular weight is 247 g/mol. The summed E-state index contributed by atoms with van der Waals surface area (Å²) in [4.78, 5) is 4.06. The molecule has 0 aliphatic carbocycles. The fourth-order valence-electron chi connectivity index (χ4n) is 0.905. The van der Waals surface area contributed by atoms with Gasteiger partial charge >= 0.3 is 0 Å². The molecule has 0 spiro atoms. The third-order valence-corrected chi connectivity index (χ3v) is 2.35. The van der Waals surface area contributed by atoms with Gasteiger partial charge in [-0.3, -0.25) is 4.98 Å². The van der Waals surface area contributed by atoms with Crippen LogP contribution in [0.2, 0.25) is 0 Å². The molecule has 10 heavy (non-hydrogen) atoms. The number of pyridine rings is 1. The van der Waals surface area contributed by atoms with Crippen molar-refractivity contribution in [1.29, 1.82) is 0 Å². The van der Waals surface area contributed by atoms with Crippen LogP contribution in [0.4, 0.5) is 0 Å². The van der Waals surface area contributed by atoms with Gasteiger partial charge < -0.3 is 0 Å². The van der Waals surface area contributed by atoms with Crippen LogP contribution in [0.3, 0.4) is 0 Å². The fraction of sp³-hybridized carbons (Fsp3) is 0.375. The third-order valence-electron chi connectivity index (χ3n) is 1.53. The summed E-state index contributed by atoms with van der Waals surface area (Å²) in [6, 6.07) is 2.09. The van der Waals surface area contributed by atoms with Crippen LogP contribution in [0.15, 0.2) is 18.5 Å². The van der Waals surface area contributed by atoms with Crippen molar-refractivity contribution in [2.75, 3.05) is 0 Å². The van der Waals surface area contributed by atoms with Crippen molar-refractivity contribution in [3.63, 3.8) is 0 Å². The van der Waals surface area contributed by atoms with E-state index in [9.17, 15) is 0 Å². The molecule has 0 bridgehead atoms. The molecule has 1 nitrogen and oxygen atoms in total. The first-order chi connectivity index (χ1) is 4.88. The minimum atomic E-state index is 1.09. The maximum atomic E-state index is 4.06. The summed E-state index contributed by atoms with van der Waals surface area (Å²) in [6.45, 7) is 2.16. The summed E-state index contributed by atoms with van der Waals surface area (Å²) in [5.41, 5.74) is 2.79. The summed E-state index contributed by atoms with van der Waals surface area (Å²) in [7, 11) is 0. The summed E-state index contributed by atoms with van der Waals surface area (Å²) >= 11 is 2.37. The Bertz CT molecular complexity index is 187. The molecule has 0 aliphatic heterocycles. The van der Waals surface area contributed by atoms with Gasteiger partial charge in [0.2, 0.25) is 0 Å². The Morgan fingerprint density at radius 3 is 2.80 bits per heavy atom. The molecule has 0 radical (unpaired) electrons. The van der Waals surface area contributed by atoms with Gasteiger partial charge in [-0.15, -0.1) is 0 Å². The Morgan fingerprint density at radius 2 is 2.30 bits per heavy atom. The SMILES string of the molecule is CCc1cnccc1CI. The fourth-order valence-corrected chi connectivity index (χ4v) is 1.65. The lowest BCUT2D eigenvalue weighted by Gasteiger charge is -2.00. The number of aryl methyl sites for hydroxylation is 1. The van der Waals surface area contributed by atoms with Crippen LogP contribution < -0.4 is 0 Å². The van der Waals surface area contributed by atoms with E-state index in [1.807, 2.05) is 12.4 Å². The maximum absolute atomic E-state index is 4.06. The van der Waals surface area contributed by atoms with E-state index in [0.717, 1.165) is 10.8 Å². The molecule has 2 heteroatoms. The number of hydrogen-bond donors (Lipinski definition) is 0. The summed E-state index contributed by atoms with van der Waals surface area (Å²) < 4.78 is 1.09. The van der Waals surface area contributed by atoms with Crippen LogP contribution in [0.5, 0.6) is 0 Å². The second-order valence-corrected chi connectivity index (χ2v) is 2.89. The monoisotopic (exact) mass is 247 g/mol. The van der Waals surface area contributed by atoms with E-state index in [1.165, 1.54) is 11.1 Å². The van der Waals surface area contributed by atoms with Gasteiger partial charge in [0.05, 0.1) is 0 Å². The van der Waals surface area contributed by atoms with Crippen molar-refractivity contribution in [3.8, 4) is 0 Å². The lowest BCUT2D eigenvalue weighted by molar-refractivity contribution is 1.07. The molecule has 0 unspecified atom stereocenters. The molecule has 0 aromatic carbocycles. The van der Waals surface area contributed by atoms with Gasteiger partial charge in [-0.1, -0.05) is 29.5 Å². The normalized spacial score (nSPS) is 9.80. The Balaban J connectivity index is 2.96. The molecule has 0 fully saturated rings. The van der Waals surface area contributed by atoms with Gasteiger partial charge in [-0.05, 0) is 23.6 Å². The van der Waals surface area contributed by atoms with Gasteiger partial charge in [-0.2, -0.15) is 0 Å². The molecule has 1 heterocycles. The van der Waals surface area contributed by atoms with Crippen LogP contribution in [-0.4, -0.2) is 4.98 Å². The van der Waals surface area contributed by atoms with E-state index in [2.05, 4.69) is 40.6 Å². The van der Waals surface area contributed by atoms with Crippen LogP contribution >= 0.6 is 22.6 Å². The van der Waals surface area contributed by atoms with Crippen molar-refractivity contribution >= 4 is 22.6 Å². The van der Waals surface area contributed by atoms with Crippen molar-refractivity contribution in [1.82, 2.24) is 4.98 Å². The molecule has 0 N–H and O–H groups in total. The highest BCUT2D eigenvalue weighted by Crippen LogP contribution is 2.10. The second-order valence-electron chi connectivity index (χ2n) is 2.13. The first-order valence-electron chi connectivity index (χ1n) is 3.36. The van der Waals surface area contributed by atoms with E-state index in [0.29, 0.717) is 0 Å². The minimum absolute atomic E-state index is 1.09. The number of alkyl halides is 1.